The van der Waals surface area contributed by atoms with Crippen LogP contribution in [0, 0.1) is 6.92 Å². The number of benzene rings is 1. The summed E-state index contributed by atoms with van der Waals surface area (Å²) < 4.78 is 4.48. The molecule has 0 amide bonds. The van der Waals surface area contributed by atoms with Crippen LogP contribution >= 0.6 is 11.9 Å². The van der Waals surface area contributed by atoms with Crippen LogP contribution in [0.4, 0.5) is 0 Å². The predicted molar refractivity (Wildman–Crippen MR) is 49.0 cm³/mol. The molecule has 1 aromatic rings. The molecule has 0 aliphatic heterocycles. The molecule has 70 valence electrons. The van der Waals surface area contributed by atoms with Crippen LogP contribution in [0.25, 0.3) is 0 Å². The van der Waals surface area contributed by atoms with E-state index < -0.39 is 5.97 Å². The minimum Gasteiger partial charge on any atom is -0.481 e. The smallest absolute Gasteiger partial charge is 0.307 e. The number of hydrogen-bond donors (Lipinski definition) is 1. The Hall–Kier alpha value is -1.22. The van der Waals surface area contributed by atoms with Crippen molar-refractivity contribution in [3.63, 3.8) is 0 Å². The molecule has 1 N–H and O–H groups in total. The van der Waals surface area contributed by atoms with E-state index in [9.17, 15) is 4.79 Å². The van der Waals surface area contributed by atoms with Crippen LogP contribution in [-0.2, 0) is 11.2 Å². The first kappa shape index (κ1) is 9.86. The zero-order valence-electron chi connectivity index (χ0n) is 7.08. The van der Waals surface area contributed by atoms with Crippen molar-refractivity contribution >= 4 is 17.8 Å². The minimum atomic E-state index is -0.845. The Kier molecular flexibility index (Phi) is 3.14. The van der Waals surface area contributed by atoms with E-state index in [0.29, 0.717) is 5.75 Å². The lowest BCUT2D eigenvalue weighted by molar-refractivity contribution is -0.136. The first-order valence-electron chi connectivity index (χ1n) is 3.73. The summed E-state index contributed by atoms with van der Waals surface area (Å²) in [6.45, 7) is 1.82. The first-order chi connectivity index (χ1) is 6.13. The number of halogens is 1. The fourth-order valence-corrected chi connectivity index (χ4v) is 1.17. The van der Waals surface area contributed by atoms with E-state index in [2.05, 4.69) is 4.29 Å². The van der Waals surface area contributed by atoms with E-state index in [1.165, 1.54) is 0 Å². The highest BCUT2D eigenvalue weighted by molar-refractivity contribution is 6.09. The van der Waals surface area contributed by atoms with Gasteiger partial charge in [0.15, 0.2) is 0 Å². The maximum absolute atomic E-state index is 10.4. The van der Waals surface area contributed by atoms with Gasteiger partial charge in [0.05, 0.1) is 6.42 Å². The Labute approximate surface area is 81.1 Å². The lowest BCUT2D eigenvalue weighted by Gasteiger charge is -2.03. The predicted octanol–water partition coefficient (Wildman–Crippen LogP) is 2.15. The fraction of sp³-hybridized carbons (Fsp3) is 0.222. The van der Waals surface area contributed by atoms with Gasteiger partial charge in [-0.25, -0.2) is 0 Å². The van der Waals surface area contributed by atoms with Crippen LogP contribution in [0.5, 0.6) is 5.75 Å². The number of hydrogen-bond acceptors (Lipinski definition) is 2. The normalized spacial score (nSPS) is 9.69. The number of rotatable bonds is 3. The summed E-state index contributed by atoms with van der Waals surface area (Å²) >= 11 is 5.14. The molecule has 0 unspecified atom stereocenters. The number of carbonyl (C=O) groups is 1. The Morgan fingerprint density at radius 2 is 2.31 bits per heavy atom. The molecule has 0 saturated carbocycles. The minimum absolute atomic E-state index is 0.0222. The van der Waals surface area contributed by atoms with Crippen LogP contribution < -0.4 is 4.29 Å². The molecule has 0 bridgehead atoms. The third-order valence-electron chi connectivity index (χ3n) is 1.74. The molecule has 1 aromatic carbocycles. The summed E-state index contributed by atoms with van der Waals surface area (Å²) in [5.74, 6) is -0.323. The lowest BCUT2D eigenvalue weighted by Crippen LogP contribution is -2.01. The monoisotopic (exact) mass is 200 g/mol. The van der Waals surface area contributed by atoms with Gasteiger partial charge in [0.25, 0.3) is 0 Å². The zero-order chi connectivity index (χ0) is 9.84. The molecule has 0 atom stereocenters. The van der Waals surface area contributed by atoms with Gasteiger partial charge in [-0.15, -0.1) is 0 Å². The molecule has 0 saturated heterocycles. The molecule has 0 fully saturated rings. The van der Waals surface area contributed by atoms with Crippen molar-refractivity contribution in [3.8, 4) is 5.75 Å². The molecule has 0 radical (unpaired) electrons. The topological polar surface area (TPSA) is 46.5 Å². The van der Waals surface area contributed by atoms with E-state index in [0.717, 1.165) is 11.1 Å². The molecule has 0 aromatic heterocycles. The molecule has 4 heteroatoms. The maximum atomic E-state index is 10.4. The van der Waals surface area contributed by atoms with Crippen molar-refractivity contribution in [2.45, 2.75) is 13.3 Å². The van der Waals surface area contributed by atoms with Gasteiger partial charge in [-0.3, -0.25) is 4.79 Å². The van der Waals surface area contributed by atoms with Gasteiger partial charge >= 0.3 is 5.97 Å². The third kappa shape index (κ3) is 2.63. The number of carboxylic acid groups (broad SMARTS) is 1. The van der Waals surface area contributed by atoms with Crippen molar-refractivity contribution in [3.05, 3.63) is 29.3 Å². The summed E-state index contributed by atoms with van der Waals surface area (Å²) in [6, 6.07) is 5.03. The first-order valence-corrected chi connectivity index (χ1v) is 4.04. The largest absolute Gasteiger partial charge is 0.481 e. The molecule has 0 heterocycles. The molecule has 0 spiro atoms. The van der Waals surface area contributed by atoms with Crippen molar-refractivity contribution < 1.29 is 14.2 Å². The van der Waals surface area contributed by atoms with Gasteiger partial charge in [-0.2, -0.15) is 0 Å². The van der Waals surface area contributed by atoms with Gasteiger partial charge in [0.2, 0.25) is 0 Å². The van der Waals surface area contributed by atoms with Gasteiger partial charge in [0.1, 0.15) is 17.6 Å². The zero-order valence-corrected chi connectivity index (χ0v) is 7.84. The molecule has 3 nitrogen and oxygen atoms in total. The molecule has 0 aliphatic rings. The SMILES string of the molecule is Cc1cc(OCl)ccc1CC(=O)O. The Bertz CT molecular complexity index is 323. The average Bonchev–Trinajstić information content (AvgIpc) is 2.08. The summed E-state index contributed by atoms with van der Waals surface area (Å²) in [7, 11) is 0. The van der Waals surface area contributed by atoms with Gasteiger partial charge in [-0.1, -0.05) is 6.07 Å². The second-order valence-electron chi connectivity index (χ2n) is 2.74. The van der Waals surface area contributed by atoms with Crippen molar-refractivity contribution in [2.75, 3.05) is 0 Å². The average molecular weight is 201 g/mol. The number of carboxylic acids is 1. The highest BCUT2D eigenvalue weighted by atomic mass is 35.5. The van der Waals surface area contributed by atoms with Gasteiger partial charge in [0, 0.05) is 0 Å². The Morgan fingerprint density at radius 1 is 1.62 bits per heavy atom. The van der Waals surface area contributed by atoms with Crippen LogP contribution in [0.15, 0.2) is 18.2 Å². The van der Waals surface area contributed by atoms with E-state index in [-0.39, 0.29) is 6.42 Å². The van der Waals surface area contributed by atoms with Crippen molar-refractivity contribution in [1.29, 1.82) is 0 Å². The number of aryl methyl sites for hydroxylation is 1. The van der Waals surface area contributed by atoms with E-state index >= 15 is 0 Å². The summed E-state index contributed by atoms with van der Waals surface area (Å²) in [5.41, 5.74) is 1.63. The third-order valence-corrected chi connectivity index (χ3v) is 1.92. The molecule has 1 rings (SSSR count). The molecule has 13 heavy (non-hydrogen) atoms. The second kappa shape index (κ2) is 4.14. The molecular weight excluding hydrogens is 192 g/mol. The lowest BCUT2D eigenvalue weighted by atomic mass is 10.1. The van der Waals surface area contributed by atoms with Gasteiger partial charge < -0.3 is 9.40 Å². The van der Waals surface area contributed by atoms with Gasteiger partial charge in [-0.05, 0) is 30.2 Å². The molecular formula is C9H9ClO3. The van der Waals surface area contributed by atoms with Crippen LogP contribution in [0.3, 0.4) is 0 Å². The fourth-order valence-electron chi connectivity index (χ4n) is 1.08. The summed E-state index contributed by atoms with van der Waals surface area (Å²) in [5, 5.41) is 8.56. The summed E-state index contributed by atoms with van der Waals surface area (Å²) in [4.78, 5) is 10.4. The van der Waals surface area contributed by atoms with E-state index in [4.69, 9.17) is 17.0 Å². The Balaban J connectivity index is 2.91. The second-order valence-corrected chi connectivity index (χ2v) is 2.89. The number of aliphatic carboxylic acids is 1. The quantitative estimate of drug-likeness (QED) is 0.813. The highest BCUT2D eigenvalue weighted by Crippen LogP contribution is 2.18. The molecule has 0 aliphatic carbocycles. The maximum Gasteiger partial charge on any atom is 0.307 e. The van der Waals surface area contributed by atoms with Crippen molar-refractivity contribution in [1.82, 2.24) is 0 Å². The standard InChI is InChI=1S/C9H9ClO3/c1-6-4-8(13-10)3-2-7(6)5-9(11)12/h2-4H,5H2,1H3,(H,11,12). The van der Waals surface area contributed by atoms with Crippen LogP contribution in [0.1, 0.15) is 11.1 Å². The Morgan fingerprint density at radius 3 is 2.77 bits per heavy atom. The van der Waals surface area contributed by atoms with Crippen LogP contribution in [-0.4, -0.2) is 11.1 Å². The summed E-state index contributed by atoms with van der Waals surface area (Å²) in [6.07, 6.45) is 0.0222. The van der Waals surface area contributed by atoms with Crippen LogP contribution in [0.2, 0.25) is 0 Å². The van der Waals surface area contributed by atoms with Crippen molar-refractivity contribution in [2.24, 2.45) is 0 Å². The van der Waals surface area contributed by atoms with E-state index in [1.54, 1.807) is 18.2 Å². The highest BCUT2D eigenvalue weighted by Gasteiger charge is 2.04. The van der Waals surface area contributed by atoms with E-state index in [1.807, 2.05) is 6.92 Å².